The maximum absolute atomic E-state index is 13.1. The number of likely N-dealkylation sites (N-methyl/N-ethyl adjacent to an activating group) is 1. The number of rotatable bonds is 3. The molecular weight excluding hydrogens is 393 g/mol. The summed E-state index contributed by atoms with van der Waals surface area (Å²) in [6.07, 6.45) is -1.05. The number of halogens is 3. The fourth-order valence-electron chi connectivity index (χ4n) is 3.91. The summed E-state index contributed by atoms with van der Waals surface area (Å²) in [5.74, 6) is 0.107. The molecule has 0 N–H and O–H groups in total. The second-order valence-electron chi connectivity index (χ2n) is 8.75. The monoisotopic (exact) mass is 420 g/mol. The summed E-state index contributed by atoms with van der Waals surface area (Å²) in [5.41, 5.74) is 1.97. The van der Waals surface area contributed by atoms with Crippen LogP contribution in [0.15, 0.2) is 36.5 Å². The fourth-order valence-corrected chi connectivity index (χ4v) is 3.91. The van der Waals surface area contributed by atoms with Crippen molar-refractivity contribution >= 4 is 6.09 Å². The van der Waals surface area contributed by atoms with E-state index < -0.39 is 17.5 Å². The molecule has 0 aliphatic heterocycles. The van der Waals surface area contributed by atoms with Crippen molar-refractivity contribution in [2.75, 3.05) is 13.6 Å². The average Bonchev–Trinajstić information content (AvgIpc) is 2.66. The van der Waals surface area contributed by atoms with Crippen molar-refractivity contribution in [2.24, 2.45) is 0 Å². The molecule has 0 saturated carbocycles. The van der Waals surface area contributed by atoms with E-state index in [9.17, 15) is 18.0 Å². The largest absolute Gasteiger partial charge is 0.444 e. The van der Waals surface area contributed by atoms with Gasteiger partial charge in [-0.25, -0.2) is 4.79 Å². The zero-order chi connectivity index (χ0) is 22.1. The van der Waals surface area contributed by atoms with E-state index in [1.807, 2.05) is 39.0 Å². The highest BCUT2D eigenvalue weighted by Gasteiger charge is 2.33. The van der Waals surface area contributed by atoms with Crippen LogP contribution in [0.2, 0.25) is 0 Å². The highest BCUT2D eigenvalue weighted by atomic mass is 19.4. The summed E-state index contributed by atoms with van der Waals surface area (Å²) in [6.45, 7) is 5.97. The van der Waals surface area contributed by atoms with Crippen LogP contribution in [0.3, 0.4) is 0 Å². The second kappa shape index (κ2) is 8.28. The van der Waals surface area contributed by atoms with Crippen molar-refractivity contribution < 1.29 is 22.7 Å². The molecular formula is C23H27F3N2O2. The number of hydrogen-bond acceptors (Lipinski definition) is 3. The topological polar surface area (TPSA) is 42.4 Å². The summed E-state index contributed by atoms with van der Waals surface area (Å²) < 4.78 is 44.8. The number of alkyl halides is 3. The first-order valence-electron chi connectivity index (χ1n) is 10.1. The number of benzene rings is 1. The van der Waals surface area contributed by atoms with E-state index in [0.717, 1.165) is 42.0 Å². The molecule has 30 heavy (non-hydrogen) atoms. The molecule has 1 aliphatic rings. The van der Waals surface area contributed by atoms with Crippen LogP contribution >= 0.6 is 0 Å². The Morgan fingerprint density at radius 1 is 1.23 bits per heavy atom. The summed E-state index contributed by atoms with van der Waals surface area (Å²) in [4.78, 5) is 17.4. The maximum Gasteiger partial charge on any atom is 0.433 e. The van der Waals surface area contributed by atoms with Gasteiger partial charge >= 0.3 is 12.3 Å². The normalized spacial score (nSPS) is 16.7. The molecule has 1 aromatic carbocycles. The molecule has 1 heterocycles. The highest BCUT2D eigenvalue weighted by molar-refractivity contribution is 5.70. The Kier molecular flexibility index (Phi) is 6.11. The van der Waals surface area contributed by atoms with Gasteiger partial charge in [-0.05, 0) is 74.4 Å². The van der Waals surface area contributed by atoms with Gasteiger partial charge in [-0.3, -0.25) is 4.98 Å². The first kappa shape index (κ1) is 22.1. The Morgan fingerprint density at radius 2 is 1.97 bits per heavy atom. The zero-order valence-corrected chi connectivity index (χ0v) is 17.7. The van der Waals surface area contributed by atoms with E-state index in [2.05, 4.69) is 4.98 Å². The van der Waals surface area contributed by atoms with Crippen molar-refractivity contribution in [3.05, 3.63) is 53.3 Å². The fraction of sp³-hybridized carbons (Fsp3) is 0.478. The molecule has 1 aromatic heterocycles. The molecule has 2 aromatic rings. The number of nitrogens with zero attached hydrogens (tertiary/aromatic N) is 2. The molecule has 1 aliphatic carbocycles. The second-order valence-corrected chi connectivity index (χ2v) is 8.75. The van der Waals surface area contributed by atoms with Gasteiger partial charge in [0.15, 0.2) is 0 Å². The summed E-state index contributed by atoms with van der Waals surface area (Å²) in [6, 6.07) is 8.45. The van der Waals surface area contributed by atoms with Crippen LogP contribution in [0.1, 0.15) is 56.4 Å². The van der Waals surface area contributed by atoms with E-state index in [1.165, 1.54) is 6.20 Å². The van der Waals surface area contributed by atoms with Crippen LogP contribution in [0.4, 0.5) is 18.0 Å². The quantitative estimate of drug-likeness (QED) is 0.607. The van der Waals surface area contributed by atoms with Crippen molar-refractivity contribution in [2.45, 2.75) is 57.7 Å². The Hall–Kier alpha value is -2.57. The number of ether oxygens (including phenoxy) is 1. The minimum atomic E-state index is -4.48. The average molecular weight is 420 g/mol. The molecule has 0 saturated heterocycles. The molecule has 7 heteroatoms. The number of carbonyl (C=O) groups is 1. The number of fused-ring (bicyclic) bond motifs is 1. The zero-order valence-electron chi connectivity index (χ0n) is 17.7. The first-order chi connectivity index (χ1) is 14.0. The van der Waals surface area contributed by atoms with Crippen LogP contribution in [-0.4, -0.2) is 35.2 Å². The van der Waals surface area contributed by atoms with E-state index in [1.54, 1.807) is 18.0 Å². The predicted molar refractivity (Wildman–Crippen MR) is 109 cm³/mol. The molecule has 0 radical (unpaired) electrons. The SMILES string of the molecule is CN(CC1CCCc2c(-c3ccnc(C(F)(F)F)c3)cccc21)C(=O)OC(C)(C)C. The van der Waals surface area contributed by atoms with Crippen molar-refractivity contribution in [3.8, 4) is 11.1 Å². The third kappa shape index (κ3) is 5.12. The van der Waals surface area contributed by atoms with Gasteiger partial charge in [-0.1, -0.05) is 18.2 Å². The van der Waals surface area contributed by atoms with Crippen molar-refractivity contribution in [3.63, 3.8) is 0 Å². The lowest BCUT2D eigenvalue weighted by atomic mass is 9.79. The molecule has 1 amide bonds. The number of amides is 1. The number of carbonyl (C=O) groups excluding carboxylic acids is 1. The van der Waals surface area contributed by atoms with E-state index in [0.29, 0.717) is 12.1 Å². The minimum Gasteiger partial charge on any atom is -0.444 e. The standard InChI is InChI=1S/C23H27F3N2O2/c1-22(2,3)30-21(29)28(4)14-16-7-5-10-19-17(8-6-9-18(16)19)15-11-12-27-20(13-15)23(24,25)26/h6,8-9,11-13,16H,5,7,10,14H2,1-4H3. The molecule has 1 unspecified atom stereocenters. The Labute approximate surface area is 175 Å². The lowest BCUT2D eigenvalue weighted by Gasteiger charge is -2.32. The minimum absolute atomic E-state index is 0.107. The lowest BCUT2D eigenvalue weighted by Crippen LogP contribution is -2.37. The number of pyridine rings is 1. The van der Waals surface area contributed by atoms with Gasteiger partial charge in [0.05, 0.1) is 0 Å². The highest BCUT2D eigenvalue weighted by Crippen LogP contribution is 2.39. The van der Waals surface area contributed by atoms with Gasteiger partial charge in [0, 0.05) is 25.7 Å². The van der Waals surface area contributed by atoms with E-state index >= 15 is 0 Å². The van der Waals surface area contributed by atoms with Crippen LogP contribution < -0.4 is 0 Å². The molecule has 0 spiro atoms. The van der Waals surface area contributed by atoms with E-state index in [-0.39, 0.29) is 12.0 Å². The molecule has 1 atom stereocenters. The molecule has 3 rings (SSSR count). The molecule has 4 nitrogen and oxygen atoms in total. The smallest absolute Gasteiger partial charge is 0.433 e. The third-order valence-corrected chi connectivity index (χ3v) is 5.19. The summed E-state index contributed by atoms with van der Waals surface area (Å²) in [5, 5.41) is 0. The van der Waals surface area contributed by atoms with Gasteiger partial charge in [0.2, 0.25) is 0 Å². The number of aromatic nitrogens is 1. The Bertz CT molecular complexity index is 919. The van der Waals surface area contributed by atoms with Crippen LogP contribution in [0, 0.1) is 0 Å². The van der Waals surface area contributed by atoms with Gasteiger partial charge < -0.3 is 9.64 Å². The number of hydrogen-bond donors (Lipinski definition) is 0. The molecule has 0 fully saturated rings. The first-order valence-corrected chi connectivity index (χ1v) is 10.1. The van der Waals surface area contributed by atoms with E-state index in [4.69, 9.17) is 4.74 Å². The lowest BCUT2D eigenvalue weighted by molar-refractivity contribution is -0.141. The summed E-state index contributed by atoms with van der Waals surface area (Å²) >= 11 is 0. The van der Waals surface area contributed by atoms with Gasteiger partial charge in [-0.15, -0.1) is 0 Å². The van der Waals surface area contributed by atoms with Crippen LogP contribution in [0.25, 0.3) is 11.1 Å². The van der Waals surface area contributed by atoms with Crippen LogP contribution in [-0.2, 0) is 17.3 Å². The third-order valence-electron chi connectivity index (χ3n) is 5.19. The van der Waals surface area contributed by atoms with Gasteiger partial charge in [0.1, 0.15) is 11.3 Å². The molecule has 162 valence electrons. The maximum atomic E-state index is 13.1. The van der Waals surface area contributed by atoms with Gasteiger partial charge in [-0.2, -0.15) is 13.2 Å². The Balaban J connectivity index is 1.89. The molecule has 0 bridgehead atoms. The predicted octanol–water partition coefficient (Wildman–Crippen LogP) is 6.05. The van der Waals surface area contributed by atoms with Crippen molar-refractivity contribution in [1.82, 2.24) is 9.88 Å². The van der Waals surface area contributed by atoms with Crippen LogP contribution in [0.5, 0.6) is 0 Å². The van der Waals surface area contributed by atoms with Gasteiger partial charge in [0.25, 0.3) is 0 Å². The van der Waals surface area contributed by atoms with Crippen molar-refractivity contribution in [1.29, 1.82) is 0 Å². The Morgan fingerprint density at radius 3 is 2.63 bits per heavy atom. The summed E-state index contributed by atoms with van der Waals surface area (Å²) in [7, 11) is 1.71.